The van der Waals surface area contributed by atoms with Crippen LogP contribution in [-0.2, 0) is 66.7 Å². The summed E-state index contributed by atoms with van der Waals surface area (Å²) in [5.74, 6) is -0.373. The first-order valence-corrected chi connectivity index (χ1v) is 59.0. The van der Waals surface area contributed by atoms with Crippen LogP contribution in [0.5, 0.6) is 0 Å². The van der Waals surface area contributed by atoms with Crippen LogP contribution in [0.3, 0.4) is 0 Å². The van der Waals surface area contributed by atoms with E-state index in [1.807, 2.05) is 78.8 Å². The van der Waals surface area contributed by atoms with Gasteiger partial charge in [0, 0.05) is 58.2 Å². The van der Waals surface area contributed by atoms with Crippen molar-refractivity contribution in [3.05, 3.63) is 136 Å². The summed E-state index contributed by atoms with van der Waals surface area (Å²) >= 11 is 0. The zero-order valence-corrected chi connectivity index (χ0v) is 94.4. The van der Waals surface area contributed by atoms with Crippen LogP contribution in [0.1, 0.15) is 562 Å². The Kier molecular flexibility index (Phi) is 150. The van der Waals surface area contributed by atoms with Crippen LogP contribution in [0.4, 0.5) is 0 Å². The molecule has 0 saturated heterocycles. The molecule has 0 saturated carbocycles. The topological polar surface area (TPSA) is 245 Å². The molecule has 0 aromatic carbocycles. The van der Waals surface area contributed by atoms with Crippen LogP contribution >= 0.6 is 0 Å². The average Bonchev–Trinajstić information content (AvgIpc) is 1.01. The van der Waals surface area contributed by atoms with E-state index in [0.29, 0.717) is 104 Å². The van der Waals surface area contributed by atoms with Gasteiger partial charge in [-0.15, -0.1) is 32.9 Å². The van der Waals surface area contributed by atoms with Crippen molar-refractivity contribution in [2.45, 2.75) is 568 Å². The van der Waals surface area contributed by atoms with Crippen LogP contribution in [0, 0.1) is 0 Å². The SMILES string of the molecule is C=CCCC/C=C/CCCCCCCCC(=O)OCC.C=CCCC/C=C\CCCCCCCCC(=O)OCC.C=CCCCC/C=C/CCCCCCCC(=O)OCC.C=CCCCC/C=C\CCCCCCCC(=O)OCC.C=CCCCCC(O)CCCCCCCCC(=O)OCC.CCOC(=O)CCCCCCCC/C=C/CCCCCO.CCOC(=O)CCCCCCCC/C=C\CCCCCO. The molecule has 0 aliphatic heterocycles. The zero-order chi connectivity index (χ0) is 107. The highest BCUT2D eigenvalue weighted by atomic mass is 16.6. The Morgan fingerprint density at radius 2 is 0.294 bits per heavy atom. The maximum atomic E-state index is 11.1. The number of hydrogen-bond acceptors (Lipinski definition) is 17. The van der Waals surface area contributed by atoms with E-state index < -0.39 is 0 Å². The lowest BCUT2D eigenvalue weighted by Crippen LogP contribution is -2.05. The summed E-state index contributed by atoms with van der Waals surface area (Å²) in [6.07, 6.45) is 127. The summed E-state index contributed by atoms with van der Waals surface area (Å²) in [5, 5.41) is 27.1. The molecular weight excluding hydrogens is 1790 g/mol. The van der Waals surface area contributed by atoms with Gasteiger partial charge in [0.2, 0.25) is 0 Å². The van der Waals surface area contributed by atoms with Crippen LogP contribution in [0.15, 0.2) is 136 Å². The molecule has 3 N–H and O–H groups in total. The number of allylic oxidation sites excluding steroid dienone is 17. The minimum atomic E-state index is -0.126. The molecule has 0 spiro atoms. The first-order chi connectivity index (χ1) is 70.1. The smallest absolute Gasteiger partial charge is 0.305 e. The standard InChI is InChI=1S/3C18H34O3.4C18H32O2/c1-3-5-6-11-14-17(19)15-12-9-7-8-10-13-16-18(20)21-4-2;2*1-2-21-18(20)16-14-12-10-8-6-4-3-5-7-9-11-13-15-17-19;4*1-3-5-6-7-8-9-10-11-12-13-14-15-16-17-18(19)20-4-2/h3,17,19H,1,4-16H2,2H3;2*5,7,19H,2-4,6,8-17H2,1H3;2*3,9-10H,1,4-8,11-17H2,2H3;2*3,8-9H,1,4-7,10-17H2,2H3/b;7-5+;7-5-;10-9+;10-9-;9-8+;9-8-. The third kappa shape index (κ3) is 158. The van der Waals surface area contributed by atoms with E-state index in [2.05, 4.69) is 106 Å². The van der Waals surface area contributed by atoms with Crippen molar-refractivity contribution in [3.63, 3.8) is 0 Å². The summed E-state index contributed by atoms with van der Waals surface area (Å²) in [4.78, 5) is 77.8. The van der Waals surface area contributed by atoms with Gasteiger partial charge in [-0.25, -0.2) is 0 Å². The monoisotopic (exact) mass is 2020 g/mol. The largest absolute Gasteiger partial charge is 0.466 e. The van der Waals surface area contributed by atoms with Crippen LogP contribution in [0.2, 0.25) is 0 Å². The molecule has 0 amide bonds. The number of ether oxygens (including phenoxy) is 7. The fourth-order valence-corrected chi connectivity index (χ4v) is 15.3. The van der Waals surface area contributed by atoms with Crippen molar-refractivity contribution >= 4 is 41.8 Å². The van der Waals surface area contributed by atoms with Crippen molar-refractivity contribution in [3.8, 4) is 0 Å². The van der Waals surface area contributed by atoms with Gasteiger partial charge in [0.15, 0.2) is 0 Å². The van der Waals surface area contributed by atoms with Crippen molar-refractivity contribution in [1.82, 2.24) is 0 Å². The molecule has 0 aliphatic rings. The average molecular weight is 2020 g/mol. The van der Waals surface area contributed by atoms with Gasteiger partial charge in [-0.05, 0) is 325 Å². The van der Waals surface area contributed by atoms with E-state index in [1.54, 1.807) is 0 Å². The summed E-state index contributed by atoms with van der Waals surface area (Å²) in [5.41, 5.74) is 0. The number of esters is 7. The van der Waals surface area contributed by atoms with Gasteiger partial charge in [0.1, 0.15) is 0 Å². The highest BCUT2D eigenvalue weighted by Crippen LogP contribution is 2.20. The van der Waals surface area contributed by atoms with Crippen molar-refractivity contribution in [1.29, 1.82) is 0 Å². The summed E-state index contributed by atoms with van der Waals surface area (Å²) in [7, 11) is 0. The second-order valence-corrected chi connectivity index (χ2v) is 37.3. The lowest BCUT2D eigenvalue weighted by Gasteiger charge is -2.09. The minimum absolute atomic E-state index is 0.0471. The third-order valence-corrected chi connectivity index (χ3v) is 23.7. The van der Waals surface area contributed by atoms with Crippen LogP contribution < -0.4 is 0 Å². The molecule has 0 aliphatic carbocycles. The minimum Gasteiger partial charge on any atom is -0.466 e. The second-order valence-electron chi connectivity index (χ2n) is 37.3. The van der Waals surface area contributed by atoms with Gasteiger partial charge in [0.25, 0.3) is 0 Å². The Labute approximate surface area is 882 Å². The van der Waals surface area contributed by atoms with E-state index in [1.165, 1.54) is 276 Å². The van der Waals surface area contributed by atoms with E-state index in [0.717, 1.165) is 193 Å². The van der Waals surface area contributed by atoms with Crippen molar-refractivity contribution in [2.75, 3.05) is 59.5 Å². The highest BCUT2D eigenvalue weighted by Gasteiger charge is 2.09. The van der Waals surface area contributed by atoms with Gasteiger partial charge in [0.05, 0.1) is 52.4 Å². The fourth-order valence-electron chi connectivity index (χ4n) is 15.3. The molecular formula is C126H230O17. The predicted octanol–water partition coefficient (Wildman–Crippen LogP) is 36.7. The normalized spacial score (nSPS) is 11.1. The first-order valence-electron chi connectivity index (χ1n) is 59.0. The summed E-state index contributed by atoms with van der Waals surface area (Å²) in [6.45, 7) is 35.6. The Bertz CT molecular complexity index is 2660. The molecule has 0 fully saturated rings. The number of aliphatic hydroxyl groups is 3. The predicted molar refractivity (Wildman–Crippen MR) is 612 cm³/mol. The molecule has 17 heteroatoms. The van der Waals surface area contributed by atoms with Gasteiger partial charge in [-0.2, -0.15) is 0 Å². The summed E-state index contributed by atoms with van der Waals surface area (Å²) in [6, 6.07) is 0. The van der Waals surface area contributed by atoms with Crippen molar-refractivity contribution in [2.24, 2.45) is 0 Å². The van der Waals surface area contributed by atoms with Gasteiger partial charge >= 0.3 is 41.8 Å². The molecule has 0 radical (unpaired) electrons. The first kappa shape index (κ1) is 149. The molecule has 0 rings (SSSR count). The van der Waals surface area contributed by atoms with Crippen molar-refractivity contribution < 1.29 is 82.0 Å². The Hall–Kier alpha value is -6.69. The molecule has 836 valence electrons. The zero-order valence-electron chi connectivity index (χ0n) is 94.4. The maximum Gasteiger partial charge on any atom is 0.305 e. The number of rotatable bonds is 101. The number of unbranched alkanes of at least 4 members (excludes halogenated alkanes) is 57. The van der Waals surface area contributed by atoms with Crippen LogP contribution in [-0.4, -0.2) is 123 Å². The molecule has 0 aromatic rings. The van der Waals surface area contributed by atoms with Gasteiger partial charge < -0.3 is 48.5 Å². The van der Waals surface area contributed by atoms with E-state index in [-0.39, 0.29) is 47.9 Å². The lowest BCUT2D eigenvalue weighted by molar-refractivity contribution is -0.144. The Morgan fingerprint density at radius 1 is 0.175 bits per heavy atom. The lowest BCUT2D eigenvalue weighted by atomic mass is 10.0. The molecule has 1 unspecified atom stereocenters. The van der Waals surface area contributed by atoms with E-state index in [4.69, 9.17) is 43.4 Å². The summed E-state index contributed by atoms with van der Waals surface area (Å²) < 4.78 is 34.3. The van der Waals surface area contributed by atoms with E-state index in [9.17, 15) is 38.7 Å². The molecule has 143 heavy (non-hydrogen) atoms. The number of carbonyl (C=O) groups is 7. The Balaban J connectivity index is -0.000000302. The molecule has 1 atom stereocenters. The molecule has 17 nitrogen and oxygen atoms in total. The quantitative estimate of drug-likeness (QED) is 0.0222. The second kappa shape index (κ2) is 144. The highest BCUT2D eigenvalue weighted by molar-refractivity contribution is 5.71. The van der Waals surface area contributed by atoms with Gasteiger partial charge in [-0.1, -0.05) is 296 Å². The fraction of sp³-hybridized carbons (Fsp3) is 0.770. The van der Waals surface area contributed by atoms with Crippen LogP contribution in [0.25, 0.3) is 0 Å². The third-order valence-electron chi connectivity index (χ3n) is 23.7. The number of carbonyl (C=O) groups excluding carboxylic acids is 7. The number of hydrogen-bond donors (Lipinski definition) is 3. The van der Waals surface area contributed by atoms with Gasteiger partial charge in [-0.3, -0.25) is 33.6 Å². The maximum absolute atomic E-state index is 11.1. The molecule has 0 bridgehead atoms. The number of aliphatic hydroxyl groups excluding tert-OH is 3. The Morgan fingerprint density at radius 3 is 0.462 bits per heavy atom. The molecule has 0 aromatic heterocycles. The molecule has 0 heterocycles. The van der Waals surface area contributed by atoms with E-state index >= 15 is 0 Å².